The van der Waals surface area contributed by atoms with Crippen molar-refractivity contribution < 1.29 is 5.11 Å². The lowest BCUT2D eigenvalue weighted by atomic mass is 10.0. The van der Waals surface area contributed by atoms with Gasteiger partial charge in [0.1, 0.15) is 0 Å². The second-order valence-corrected chi connectivity index (χ2v) is 4.25. The zero-order valence-corrected chi connectivity index (χ0v) is 10.6. The first-order chi connectivity index (χ1) is 8.22. The Morgan fingerprint density at radius 2 is 1.94 bits per heavy atom. The number of hydrogen-bond acceptors (Lipinski definition) is 1. The quantitative estimate of drug-likeness (QED) is 0.761. The van der Waals surface area contributed by atoms with Crippen molar-refractivity contribution in [2.24, 2.45) is 0 Å². The molecule has 0 N–H and O–H groups in total. The van der Waals surface area contributed by atoms with Gasteiger partial charge in [0, 0.05) is 5.33 Å². The highest BCUT2D eigenvalue weighted by Gasteiger charge is 2.04. The van der Waals surface area contributed by atoms with E-state index in [9.17, 15) is 5.11 Å². The molecule has 2 rings (SSSR count). The van der Waals surface area contributed by atoms with Crippen LogP contribution in [0.15, 0.2) is 42.5 Å². The van der Waals surface area contributed by atoms with Gasteiger partial charge in [-0.15, -0.1) is 0 Å². The molecule has 0 heterocycles. The predicted molar refractivity (Wildman–Crippen MR) is 69.4 cm³/mol. The third-order valence-electron chi connectivity index (χ3n) is 2.45. The van der Waals surface area contributed by atoms with Crippen molar-refractivity contribution in [2.75, 3.05) is 0 Å². The fraction of sp³-hybridized carbons (Fsp3) is 0.0714. The van der Waals surface area contributed by atoms with Gasteiger partial charge >= 0.3 is 0 Å². The van der Waals surface area contributed by atoms with Crippen molar-refractivity contribution in [3.05, 3.63) is 53.6 Å². The minimum atomic E-state index is -0.0145. The van der Waals surface area contributed by atoms with Crippen LogP contribution in [0.25, 0.3) is 11.1 Å². The summed E-state index contributed by atoms with van der Waals surface area (Å²) in [4.78, 5) is 0. The molecule has 2 aromatic carbocycles. The molecule has 0 amide bonds. The molecular formula is C14H9BrNO. The molecule has 0 aliphatic heterocycles. The van der Waals surface area contributed by atoms with Crippen LogP contribution in [0.4, 0.5) is 0 Å². The van der Waals surface area contributed by atoms with E-state index in [1.54, 1.807) is 24.3 Å². The Kier molecular flexibility index (Phi) is 3.46. The van der Waals surface area contributed by atoms with Crippen LogP contribution in [-0.4, -0.2) is 0 Å². The Morgan fingerprint density at radius 3 is 2.65 bits per heavy atom. The van der Waals surface area contributed by atoms with Gasteiger partial charge in [0.25, 0.3) is 0 Å². The van der Waals surface area contributed by atoms with Gasteiger partial charge in [-0.25, -0.2) is 0 Å². The topological polar surface area (TPSA) is 43.7 Å². The molecule has 3 heteroatoms. The number of nitrogens with zero attached hydrogens (tertiary/aromatic N) is 1. The van der Waals surface area contributed by atoms with Crippen LogP contribution >= 0.6 is 15.9 Å². The zero-order valence-electron chi connectivity index (χ0n) is 8.98. The third kappa shape index (κ3) is 2.66. The summed E-state index contributed by atoms with van der Waals surface area (Å²) in [7, 11) is 0. The van der Waals surface area contributed by atoms with E-state index in [1.165, 1.54) is 0 Å². The van der Waals surface area contributed by atoms with Crippen LogP contribution in [0.1, 0.15) is 11.1 Å². The monoisotopic (exact) mass is 286 g/mol. The molecular weight excluding hydrogens is 278 g/mol. The summed E-state index contributed by atoms with van der Waals surface area (Å²) < 4.78 is 0. The molecule has 0 aromatic heterocycles. The van der Waals surface area contributed by atoms with Crippen LogP contribution in [0, 0.1) is 11.3 Å². The number of alkyl halides is 1. The van der Waals surface area contributed by atoms with Crippen LogP contribution < -0.4 is 0 Å². The van der Waals surface area contributed by atoms with Gasteiger partial charge in [-0.05, 0) is 41.0 Å². The van der Waals surface area contributed by atoms with Gasteiger partial charge in [0.05, 0.1) is 11.6 Å². The van der Waals surface area contributed by atoms with Crippen molar-refractivity contribution in [1.29, 1.82) is 5.26 Å². The lowest BCUT2D eigenvalue weighted by molar-refractivity contribution is 0.355. The van der Waals surface area contributed by atoms with Gasteiger partial charge in [0.15, 0.2) is 5.75 Å². The molecule has 83 valence electrons. The number of benzene rings is 2. The molecule has 17 heavy (non-hydrogen) atoms. The van der Waals surface area contributed by atoms with Gasteiger partial charge in [0.2, 0.25) is 0 Å². The van der Waals surface area contributed by atoms with Crippen molar-refractivity contribution >= 4 is 15.9 Å². The van der Waals surface area contributed by atoms with Gasteiger partial charge in [-0.1, -0.05) is 34.1 Å². The summed E-state index contributed by atoms with van der Waals surface area (Å²) in [5, 5.41) is 21.0. The number of rotatable bonds is 2. The SMILES string of the molecule is N#Cc1cccc(-c2cc([O])cc(CBr)c2)c1. The second-order valence-electron chi connectivity index (χ2n) is 3.69. The van der Waals surface area contributed by atoms with E-state index in [-0.39, 0.29) is 5.75 Å². The van der Waals surface area contributed by atoms with Crippen LogP contribution in [-0.2, 0) is 10.4 Å². The fourth-order valence-corrected chi connectivity index (χ4v) is 2.00. The molecule has 0 aliphatic carbocycles. The fourth-order valence-electron chi connectivity index (χ4n) is 1.67. The smallest absolute Gasteiger partial charge is 0.179 e. The summed E-state index contributed by atoms with van der Waals surface area (Å²) >= 11 is 3.34. The maximum absolute atomic E-state index is 11.5. The average molecular weight is 287 g/mol. The molecule has 2 nitrogen and oxygen atoms in total. The molecule has 0 atom stereocenters. The lowest BCUT2D eigenvalue weighted by Gasteiger charge is -2.04. The maximum Gasteiger partial charge on any atom is 0.179 e. The molecule has 0 spiro atoms. The zero-order chi connectivity index (χ0) is 12.3. The summed E-state index contributed by atoms with van der Waals surface area (Å²) in [5.74, 6) is -0.0145. The highest BCUT2D eigenvalue weighted by Crippen LogP contribution is 2.27. The third-order valence-corrected chi connectivity index (χ3v) is 3.09. The Balaban J connectivity index is 2.52. The average Bonchev–Trinajstić information content (AvgIpc) is 2.38. The Bertz CT molecular complexity index is 587. The normalized spacial score (nSPS) is 9.88. The second kappa shape index (κ2) is 5.03. The van der Waals surface area contributed by atoms with Crippen LogP contribution in [0.2, 0.25) is 0 Å². The standard InChI is InChI=1S/C14H9BrNO/c15-8-11-5-13(7-14(17)6-11)12-3-1-2-10(4-12)9-16/h1-7H,8H2. The minimum absolute atomic E-state index is 0.0145. The summed E-state index contributed by atoms with van der Waals surface area (Å²) in [6, 6.07) is 14.5. The van der Waals surface area contributed by atoms with Crippen molar-refractivity contribution in [2.45, 2.75) is 5.33 Å². The van der Waals surface area contributed by atoms with Crippen molar-refractivity contribution in [3.63, 3.8) is 0 Å². The summed E-state index contributed by atoms with van der Waals surface area (Å²) in [6.45, 7) is 0. The molecule has 0 saturated carbocycles. The van der Waals surface area contributed by atoms with E-state index in [0.717, 1.165) is 16.7 Å². The van der Waals surface area contributed by atoms with Crippen LogP contribution in [0.5, 0.6) is 5.75 Å². The highest BCUT2D eigenvalue weighted by atomic mass is 79.9. The number of halogens is 1. The first-order valence-corrected chi connectivity index (χ1v) is 6.22. The Hall–Kier alpha value is -1.79. The molecule has 0 aliphatic rings. The molecule has 0 unspecified atom stereocenters. The van der Waals surface area contributed by atoms with E-state index in [4.69, 9.17) is 5.26 Å². The molecule has 0 fully saturated rings. The van der Waals surface area contributed by atoms with Gasteiger partial charge in [-0.3, -0.25) is 5.11 Å². The van der Waals surface area contributed by atoms with Gasteiger partial charge < -0.3 is 0 Å². The van der Waals surface area contributed by atoms with E-state index in [2.05, 4.69) is 22.0 Å². The Labute approximate surface area is 108 Å². The Morgan fingerprint density at radius 1 is 1.12 bits per heavy atom. The molecule has 0 bridgehead atoms. The predicted octanol–water partition coefficient (Wildman–Crippen LogP) is 4.26. The van der Waals surface area contributed by atoms with Gasteiger partial charge in [-0.2, -0.15) is 5.26 Å². The molecule has 2 aromatic rings. The maximum atomic E-state index is 11.5. The minimum Gasteiger partial charge on any atom is -0.290 e. The van der Waals surface area contributed by atoms with E-state index in [1.807, 2.05) is 18.2 Å². The van der Waals surface area contributed by atoms with Crippen molar-refractivity contribution in [1.82, 2.24) is 0 Å². The summed E-state index contributed by atoms with van der Waals surface area (Å²) in [6.07, 6.45) is 0. The first kappa shape index (κ1) is 11.7. The van der Waals surface area contributed by atoms with Crippen molar-refractivity contribution in [3.8, 4) is 22.9 Å². The first-order valence-electron chi connectivity index (χ1n) is 5.10. The highest BCUT2D eigenvalue weighted by molar-refractivity contribution is 9.08. The number of nitriles is 1. The van der Waals surface area contributed by atoms with E-state index >= 15 is 0 Å². The van der Waals surface area contributed by atoms with E-state index < -0.39 is 0 Å². The summed E-state index contributed by atoms with van der Waals surface area (Å²) in [5.41, 5.74) is 3.28. The van der Waals surface area contributed by atoms with Crippen LogP contribution in [0.3, 0.4) is 0 Å². The molecule has 0 saturated heterocycles. The molecule has 1 radical (unpaired) electrons. The largest absolute Gasteiger partial charge is 0.290 e. The lowest BCUT2D eigenvalue weighted by Crippen LogP contribution is -1.83. The van der Waals surface area contributed by atoms with E-state index in [0.29, 0.717) is 10.9 Å². The number of hydrogen-bond donors (Lipinski definition) is 0.